The van der Waals surface area contributed by atoms with Crippen LogP contribution >= 0.6 is 0 Å². The Labute approximate surface area is 102 Å². The molecular formula is C14H20O3. The Balaban J connectivity index is 2.76. The lowest BCUT2D eigenvalue weighted by molar-refractivity contribution is 0.0296. The fraction of sp³-hybridized carbons (Fsp3) is 0.500. The van der Waals surface area contributed by atoms with Gasteiger partial charge in [0.2, 0.25) is 0 Å². The van der Waals surface area contributed by atoms with Gasteiger partial charge in [-0.2, -0.15) is 0 Å². The van der Waals surface area contributed by atoms with Gasteiger partial charge in [-0.05, 0) is 31.4 Å². The topological polar surface area (TPSA) is 57.5 Å². The third kappa shape index (κ3) is 4.19. The number of hydrogen-bond donors (Lipinski definition) is 2. The summed E-state index contributed by atoms with van der Waals surface area (Å²) in [7, 11) is 0. The molecule has 17 heavy (non-hydrogen) atoms. The largest absolute Gasteiger partial charge is 0.507 e. The minimum atomic E-state index is -1.02. The monoisotopic (exact) mass is 236 g/mol. The Morgan fingerprint density at radius 2 is 1.94 bits per heavy atom. The number of aliphatic hydroxyl groups is 1. The molecule has 2 N–H and O–H groups in total. The minimum absolute atomic E-state index is 0.0298. The molecule has 0 saturated heterocycles. The number of carbonyl (C=O) groups excluding carboxylic acids is 1. The molecule has 0 saturated carbocycles. The van der Waals surface area contributed by atoms with Crippen LogP contribution in [0.1, 0.15) is 44.0 Å². The van der Waals surface area contributed by atoms with Crippen LogP contribution in [0.15, 0.2) is 24.3 Å². The van der Waals surface area contributed by atoms with E-state index in [0.717, 1.165) is 0 Å². The van der Waals surface area contributed by atoms with Crippen molar-refractivity contribution in [3.8, 4) is 5.75 Å². The molecule has 0 aromatic heterocycles. The van der Waals surface area contributed by atoms with E-state index in [1.807, 2.05) is 13.8 Å². The van der Waals surface area contributed by atoms with Crippen LogP contribution in [0.4, 0.5) is 0 Å². The lowest BCUT2D eigenvalue weighted by Crippen LogP contribution is -2.29. The molecule has 1 aromatic carbocycles. The molecule has 0 aliphatic rings. The second-order valence-electron chi connectivity index (χ2n) is 5.21. The highest BCUT2D eigenvalue weighted by molar-refractivity contribution is 5.99. The first kappa shape index (κ1) is 13.7. The van der Waals surface area contributed by atoms with Gasteiger partial charge in [0.05, 0.1) is 11.2 Å². The molecule has 0 bridgehead atoms. The van der Waals surface area contributed by atoms with Gasteiger partial charge in [0.15, 0.2) is 5.78 Å². The van der Waals surface area contributed by atoms with E-state index in [9.17, 15) is 15.0 Å². The number of rotatable bonds is 5. The highest BCUT2D eigenvalue weighted by Gasteiger charge is 2.26. The lowest BCUT2D eigenvalue weighted by Gasteiger charge is -2.24. The maximum atomic E-state index is 11.9. The Morgan fingerprint density at radius 1 is 1.35 bits per heavy atom. The number of benzene rings is 1. The Hall–Kier alpha value is -1.35. The second-order valence-corrected chi connectivity index (χ2v) is 5.21. The summed E-state index contributed by atoms with van der Waals surface area (Å²) in [5, 5.41) is 19.7. The molecule has 1 rings (SSSR count). The van der Waals surface area contributed by atoms with Gasteiger partial charge in [-0.1, -0.05) is 26.0 Å². The molecule has 0 amide bonds. The SMILES string of the molecule is CC(C)CC(C)(O)CC(=O)c1ccccc1O. The van der Waals surface area contributed by atoms with Crippen molar-refractivity contribution in [2.75, 3.05) is 0 Å². The maximum absolute atomic E-state index is 11.9. The molecule has 1 unspecified atom stereocenters. The molecule has 0 radical (unpaired) electrons. The van der Waals surface area contributed by atoms with Crippen molar-refractivity contribution in [2.24, 2.45) is 5.92 Å². The van der Waals surface area contributed by atoms with Crippen LogP contribution in [0, 0.1) is 5.92 Å². The predicted molar refractivity (Wildman–Crippen MR) is 67.1 cm³/mol. The van der Waals surface area contributed by atoms with Gasteiger partial charge in [-0.3, -0.25) is 4.79 Å². The van der Waals surface area contributed by atoms with E-state index in [1.165, 1.54) is 6.07 Å². The Bertz CT molecular complexity index is 394. The van der Waals surface area contributed by atoms with Gasteiger partial charge in [-0.15, -0.1) is 0 Å². The Morgan fingerprint density at radius 3 is 2.47 bits per heavy atom. The van der Waals surface area contributed by atoms with Crippen LogP contribution in [-0.2, 0) is 0 Å². The molecule has 1 aromatic rings. The van der Waals surface area contributed by atoms with Crippen LogP contribution in [0.25, 0.3) is 0 Å². The first-order valence-electron chi connectivity index (χ1n) is 5.85. The summed E-state index contributed by atoms with van der Waals surface area (Å²) in [6, 6.07) is 6.41. The van der Waals surface area contributed by atoms with Gasteiger partial charge in [-0.25, -0.2) is 0 Å². The van der Waals surface area contributed by atoms with E-state index < -0.39 is 5.60 Å². The fourth-order valence-electron chi connectivity index (χ4n) is 2.10. The van der Waals surface area contributed by atoms with Crippen molar-refractivity contribution in [3.05, 3.63) is 29.8 Å². The molecule has 0 aliphatic heterocycles. The van der Waals surface area contributed by atoms with Gasteiger partial charge < -0.3 is 10.2 Å². The number of aromatic hydroxyl groups is 1. The second kappa shape index (κ2) is 5.32. The molecule has 0 fully saturated rings. The number of ketones is 1. The fourth-order valence-corrected chi connectivity index (χ4v) is 2.10. The summed E-state index contributed by atoms with van der Waals surface area (Å²) < 4.78 is 0. The van der Waals surface area contributed by atoms with Crippen molar-refractivity contribution >= 4 is 5.78 Å². The normalized spacial score (nSPS) is 14.6. The number of Topliss-reactive ketones (excluding diaryl/α,β-unsaturated/α-hetero) is 1. The molecule has 3 heteroatoms. The van der Waals surface area contributed by atoms with E-state index in [0.29, 0.717) is 12.3 Å². The van der Waals surface area contributed by atoms with Crippen LogP contribution in [0.3, 0.4) is 0 Å². The van der Waals surface area contributed by atoms with E-state index in [1.54, 1.807) is 25.1 Å². The van der Waals surface area contributed by atoms with Gasteiger partial charge in [0, 0.05) is 6.42 Å². The molecule has 3 nitrogen and oxygen atoms in total. The van der Waals surface area contributed by atoms with Crippen molar-refractivity contribution in [1.82, 2.24) is 0 Å². The highest BCUT2D eigenvalue weighted by Crippen LogP contribution is 2.25. The maximum Gasteiger partial charge on any atom is 0.169 e. The average Bonchev–Trinajstić information content (AvgIpc) is 2.14. The van der Waals surface area contributed by atoms with Crippen molar-refractivity contribution < 1.29 is 15.0 Å². The zero-order valence-corrected chi connectivity index (χ0v) is 10.6. The van der Waals surface area contributed by atoms with E-state index in [4.69, 9.17) is 0 Å². The summed E-state index contributed by atoms with van der Waals surface area (Å²) >= 11 is 0. The van der Waals surface area contributed by atoms with Crippen LogP contribution < -0.4 is 0 Å². The molecule has 1 atom stereocenters. The summed E-state index contributed by atoms with van der Waals surface area (Å²) in [4.78, 5) is 11.9. The van der Waals surface area contributed by atoms with Crippen molar-refractivity contribution in [1.29, 1.82) is 0 Å². The quantitative estimate of drug-likeness (QED) is 0.773. The summed E-state index contributed by atoms with van der Waals surface area (Å²) in [6.45, 7) is 5.66. The third-order valence-corrected chi connectivity index (χ3v) is 2.59. The standard InChI is InChI=1S/C14H20O3/c1-10(2)8-14(3,17)9-13(16)11-6-4-5-7-12(11)15/h4-7,10,15,17H,8-9H2,1-3H3. The minimum Gasteiger partial charge on any atom is -0.507 e. The first-order chi connectivity index (χ1) is 7.82. The summed E-state index contributed by atoms with van der Waals surface area (Å²) in [5.74, 6) is 0.0637. The van der Waals surface area contributed by atoms with Gasteiger partial charge in [0.25, 0.3) is 0 Å². The van der Waals surface area contributed by atoms with Crippen LogP contribution in [0.5, 0.6) is 5.75 Å². The molecular weight excluding hydrogens is 216 g/mol. The van der Waals surface area contributed by atoms with Crippen molar-refractivity contribution in [2.45, 2.75) is 39.2 Å². The number of phenolic OH excluding ortho intramolecular Hbond substituents is 1. The first-order valence-corrected chi connectivity index (χ1v) is 5.85. The van der Waals surface area contributed by atoms with E-state index in [2.05, 4.69) is 0 Å². The number of hydrogen-bond acceptors (Lipinski definition) is 3. The zero-order chi connectivity index (χ0) is 13.1. The average molecular weight is 236 g/mol. The number of carbonyl (C=O) groups is 1. The summed E-state index contributed by atoms with van der Waals surface area (Å²) in [6.07, 6.45) is 0.592. The van der Waals surface area contributed by atoms with E-state index >= 15 is 0 Å². The third-order valence-electron chi connectivity index (χ3n) is 2.59. The van der Waals surface area contributed by atoms with Gasteiger partial charge in [0.1, 0.15) is 5.75 Å². The van der Waals surface area contributed by atoms with Gasteiger partial charge >= 0.3 is 0 Å². The Kier molecular flexibility index (Phi) is 4.29. The molecule has 94 valence electrons. The smallest absolute Gasteiger partial charge is 0.169 e. The zero-order valence-electron chi connectivity index (χ0n) is 10.6. The van der Waals surface area contributed by atoms with Crippen molar-refractivity contribution in [3.63, 3.8) is 0 Å². The number of phenols is 1. The molecule has 0 spiro atoms. The van der Waals surface area contributed by atoms with Crippen LogP contribution in [-0.4, -0.2) is 21.6 Å². The summed E-state index contributed by atoms with van der Waals surface area (Å²) in [5.41, 5.74) is -0.746. The molecule has 0 aliphatic carbocycles. The molecule has 0 heterocycles. The van der Waals surface area contributed by atoms with E-state index in [-0.39, 0.29) is 23.5 Å². The number of para-hydroxylation sites is 1. The highest BCUT2D eigenvalue weighted by atomic mass is 16.3. The van der Waals surface area contributed by atoms with Crippen LogP contribution in [0.2, 0.25) is 0 Å². The predicted octanol–water partition coefficient (Wildman–Crippen LogP) is 2.76. The lowest BCUT2D eigenvalue weighted by atomic mass is 9.88.